The van der Waals surface area contributed by atoms with Crippen molar-refractivity contribution in [2.75, 3.05) is 12.8 Å². The minimum atomic E-state index is -3.18. The van der Waals surface area contributed by atoms with Gasteiger partial charge in [0.25, 0.3) is 0 Å². The lowest BCUT2D eigenvalue weighted by molar-refractivity contribution is 0.462. The van der Waals surface area contributed by atoms with Crippen LogP contribution >= 0.6 is 0 Å². The molecule has 1 heterocycles. The topological polar surface area (TPSA) is 46.2 Å². The average Bonchev–Trinajstić information content (AvgIpc) is 2.36. The van der Waals surface area contributed by atoms with Crippen molar-refractivity contribution < 1.29 is 17.2 Å². The Balaban J connectivity index is 2.36. The zero-order valence-electron chi connectivity index (χ0n) is 10.7. The molecule has 1 fully saturated rings. The Hall–Kier alpha value is -1.01. The van der Waals surface area contributed by atoms with E-state index in [1.807, 2.05) is 0 Å². The Morgan fingerprint density at radius 2 is 2.00 bits per heavy atom. The molecule has 19 heavy (non-hydrogen) atoms. The Morgan fingerprint density at radius 1 is 1.26 bits per heavy atom. The molecule has 0 aliphatic carbocycles. The number of benzene rings is 1. The molecule has 0 aromatic heterocycles. The number of rotatable bonds is 3. The molecule has 1 aromatic rings. The monoisotopic (exact) mass is 289 g/mol. The van der Waals surface area contributed by atoms with Crippen molar-refractivity contribution in [2.45, 2.75) is 30.6 Å². The molecule has 2 atom stereocenters. The lowest BCUT2D eigenvalue weighted by Crippen LogP contribution is -2.39. The van der Waals surface area contributed by atoms with E-state index in [-0.39, 0.29) is 5.75 Å². The van der Waals surface area contributed by atoms with Gasteiger partial charge in [0.05, 0.1) is 11.0 Å². The van der Waals surface area contributed by atoms with Gasteiger partial charge in [-0.1, -0.05) is 12.5 Å². The molecular formula is C13H17F2NO2S. The van der Waals surface area contributed by atoms with Gasteiger partial charge in [0.2, 0.25) is 0 Å². The normalized spacial score (nSPS) is 24.1. The predicted octanol–water partition coefficient (Wildman–Crippen LogP) is 2.19. The third kappa shape index (κ3) is 2.95. The number of nitrogens with one attached hydrogen (secondary N) is 1. The highest BCUT2D eigenvalue weighted by atomic mass is 32.2. The molecule has 0 saturated carbocycles. The van der Waals surface area contributed by atoms with Crippen LogP contribution in [0.4, 0.5) is 8.78 Å². The minimum absolute atomic E-state index is 0.166. The molecule has 2 rings (SSSR count). The molecular weight excluding hydrogens is 272 g/mol. The van der Waals surface area contributed by atoms with Gasteiger partial charge in [-0.25, -0.2) is 17.2 Å². The van der Waals surface area contributed by atoms with Gasteiger partial charge in [-0.15, -0.1) is 0 Å². The molecule has 1 aromatic carbocycles. The summed E-state index contributed by atoms with van der Waals surface area (Å²) < 4.78 is 50.4. The van der Waals surface area contributed by atoms with Crippen LogP contribution in [0.15, 0.2) is 18.2 Å². The molecule has 106 valence electrons. The van der Waals surface area contributed by atoms with Crippen LogP contribution < -0.4 is 5.32 Å². The van der Waals surface area contributed by atoms with Crippen LogP contribution in [-0.2, 0) is 9.84 Å². The molecule has 2 unspecified atom stereocenters. The van der Waals surface area contributed by atoms with E-state index >= 15 is 0 Å². The number of hydrogen-bond acceptors (Lipinski definition) is 3. The summed E-state index contributed by atoms with van der Waals surface area (Å²) in [6.45, 7) is 0. The Kier molecular flexibility index (Phi) is 4.20. The minimum Gasteiger partial charge on any atom is -0.312 e. The molecule has 0 radical (unpaired) electrons. The van der Waals surface area contributed by atoms with Gasteiger partial charge in [-0.2, -0.15) is 0 Å². The fourth-order valence-electron chi connectivity index (χ4n) is 2.63. The number of sulfone groups is 1. The van der Waals surface area contributed by atoms with E-state index in [0.29, 0.717) is 18.4 Å². The SMILES string of the molecule is CNC(c1ccc(F)c(F)c1)C1CCCCS1(=O)=O. The quantitative estimate of drug-likeness (QED) is 0.928. The van der Waals surface area contributed by atoms with E-state index < -0.39 is 32.8 Å². The molecule has 0 amide bonds. The van der Waals surface area contributed by atoms with Gasteiger partial charge in [-0.3, -0.25) is 0 Å². The maximum Gasteiger partial charge on any atom is 0.159 e. The highest BCUT2D eigenvalue weighted by Crippen LogP contribution is 2.31. The summed E-state index contributed by atoms with van der Waals surface area (Å²) in [6, 6.07) is 3.04. The van der Waals surface area contributed by atoms with Crippen molar-refractivity contribution in [1.29, 1.82) is 0 Å². The lowest BCUT2D eigenvalue weighted by Gasteiger charge is -2.30. The average molecular weight is 289 g/mol. The molecule has 1 aliphatic rings. The van der Waals surface area contributed by atoms with Crippen LogP contribution in [0.5, 0.6) is 0 Å². The van der Waals surface area contributed by atoms with Crippen molar-refractivity contribution in [3.05, 3.63) is 35.4 Å². The second-order valence-corrected chi connectivity index (χ2v) is 7.18. The van der Waals surface area contributed by atoms with Crippen LogP contribution in [0.1, 0.15) is 30.9 Å². The van der Waals surface area contributed by atoms with Crippen molar-refractivity contribution in [2.24, 2.45) is 0 Å². The Bertz CT molecular complexity index is 560. The summed E-state index contributed by atoms with van der Waals surface area (Å²) in [4.78, 5) is 0. The highest BCUT2D eigenvalue weighted by molar-refractivity contribution is 7.92. The van der Waals surface area contributed by atoms with Gasteiger partial charge < -0.3 is 5.32 Å². The number of halogens is 2. The summed E-state index contributed by atoms with van der Waals surface area (Å²) in [5.74, 6) is -1.71. The van der Waals surface area contributed by atoms with E-state index in [2.05, 4.69) is 5.32 Å². The summed E-state index contributed by atoms with van der Waals surface area (Å²) >= 11 is 0. The van der Waals surface area contributed by atoms with Gasteiger partial charge in [-0.05, 0) is 37.6 Å². The first-order chi connectivity index (χ1) is 8.95. The van der Waals surface area contributed by atoms with Gasteiger partial charge in [0, 0.05) is 6.04 Å². The van der Waals surface area contributed by atoms with Crippen LogP contribution in [-0.4, -0.2) is 26.5 Å². The molecule has 1 saturated heterocycles. The van der Waals surface area contributed by atoms with Crippen LogP contribution in [0.3, 0.4) is 0 Å². The van der Waals surface area contributed by atoms with Crippen molar-refractivity contribution in [1.82, 2.24) is 5.32 Å². The Morgan fingerprint density at radius 3 is 2.58 bits per heavy atom. The van der Waals surface area contributed by atoms with Crippen molar-refractivity contribution in [3.8, 4) is 0 Å². The van der Waals surface area contributed by atoms with Crippen LogP contribution in [0.25, 0.3) is 0 Å². The molecule has 0 bridgehead atoms. The third-order valence-electron chi connectivity index (χ3n) is 3.61. The zero-order chi connectivity index (χ0) is 14.0. The first-order valence-corrected chi connectivity index (χ1v) is 8.01. The smallest absolute Gasteiger partial charge is 0.159 e. The largest absolute Gasteiger partial charge is 0.312 e. The zero-order valence-corrected chi connectivity index (χ0v) is 11.5. The first kappa shape index (κ1) is 14.4. The van der Waals surface area contributed by atoms with E-state index in [1.54, 1.807) is 7.05 Å². The summed E-state index contributed by atoms with van der Waals surface area (Å²) in [7, 11) is -1.55. The highest BCUT2D eigenvalue weighted by Gasteiger charge is 2.35. The third-order valence-corrected chi connectivity index (χ3v) is 5.90. The molecule has 0 spiro atoms. The maximum absolute atomic E-state index is 13.3. The van der Waals surface area contributed by atoms with E-state index in [4.69, 9.17) is 0 Å². The summed E-state index contributed by atoms with van der Waals surface area (Å²) in [5, 5.41) is 2.35. The van der Waals surface area contributed by atoms with Crippen LogP contribution in [0.2, 0.25) is 0 Å². The molecule has 1 N–H and O–H groups in total. The second kappa shape index (κ2) is 5.54. The van der Waals surface area contributed by atoms with Crippen molar-refractivity contribution in [3.63, 3.8) is 0 Å². The van der Waals surface area contributed by atoms with Crippen LogP contribution in [0, 0.1) is 11.6 Å². The van der Waals surface area contributed by atoms with Gasteiger partial charge in [0.15, 0.2) is 21.5 Å². The lowest BCUT2D eigenvalue weighted by atomic mass is 9.99. The summed E-state index contributed by atoms with van der Waals surface area (Å²) in [6.07, 6.45) is 2.06. The maximum atomic E-state index is 13.3. The fraction of sp³-hybridized carbons (Fsp3) is 0.538. The molecule has 1 aliphatic heterocycles. The van der Waals surface area contributed by atoms with Gasteiger partial charge in [0.1, 0.15) is 0 Å². The van der Waals surface area contributed by atoms with E-state index in [0.717, 1.165) is 18.6 Å². The molecule has 6 heteroatoms. The van der Waals surface area contributed by atoms with E-state index in [1.165, 1.54) is 6.07 Å². The van der Waals surface area contributed by atoms with Crippen molar-refractivity contribution >= 4 is 9.84 Å². The Labute approximate surface area is 111 Å². The first-order valence-electron chi connectivity index (χ1n) is 6.29. The second-order valence-electron chi connectivity index (χ2n) is 4.84. The number of hydrogen-bond donors (Lipinski definition) is 1. The predicted molar refractivity (Wildman–Crippen MR) is 69.6 cm³/mol. The summed E-state index contributed by atoms with van der Waals surface area (Å²) in [5.41, 5.74) is 0.469. The standard InChI is InChI=1S/C13H17F2NO2S/c1-16-13(9-5-6-10(14)11(15)8-9)12-4-2-3-7-19(12,17)18/h5-6,8,12-13,16H,2-4,7H2,1H3. The fourth-order valence-corrected chi connectivity index (χ4v) is 4.77. The van der Waals surface area contributed by atoms with Gasteiger partial charge >= 0.3 is 0 Å². The molecule has 3 nitrogen and oxygen atoms in total. The van der Waals surface area contributed by atoms with E-state index in [9.17, 15) is 17.2 Å².